The van der Waals surface area contributed by atoms with Crippen molar-refractivity contribution < 1.29 is 9.13 Å². The van der Waals surface area contributed by atoms with E-state index in [0.717, 1.165) is 5.69 Å². The minimum absolute atomic E-state index is 0.269. The zero-order valence-corrected chi connectivity index (χ0v) is 11.0. The van der Waals surface area contributed by atoms with Gasteiger partial charge in [0.25, 0.3) is 0 Å². The Hall–Kier alpha value is -1.39. The van der Waals surface area contributed by atoms with Gasteiger partial charge in [0.15, 0.2) is 0 Å². The molecule has 0 saturated heterocycles. The fourth-order valence-corrected chi connectivity index (χ4v) is 1.92. The van der Waals surface area contributed by atoms with E-state index < -0.39 is 0 Å². The molecule has 0 aromatic heterocycles. The number of nitrogens with two attached hydrogens (primary N) is 1. The van der Waals surface area contributed by atoms with E-state index in [1.54, 1.807) is 26.2 Å². The van der Waals surface area contributed by atoms with E-state index in [1.165, 1.54) is 6.07 Å². The number of benzene rings is 1. The Morgan fingerprint density at radius 3 is 2.83 bits per heavy atom. The van der Waals surface area contributed by atoms with E-state index in [0.29, 0.717) is 25.3 Å². The number of ether oxygens (including phenoxy) is 1. The molecule has 0 radical (unpaired) electrons. The van der Waals surface area contributed by atoms with Crippen LogP contribution in [0.5, 0.6) is 0 Å². The van der Waals surface area contributed by atoms with E-state index >= 15 is 0 Å². The summed E-state index contributed by atoms with van der Waals surface area (Å²) in [4.78, 5) is 2.01. The Morgan fingerprint density at radius 2 is 2.28 bits per heavy atom. The molecule has 0 unspecified atom stereocenters. The number of hydrogen-bond donors (Lipinski definition) is 1. The Morgan fingerprint density at radius 1 is 1.56 bits per heavy atom. The van der Waals surface area contributed by atoms with Crippen molar-refractivity contribution in [2.45, 2.75) is 13.0 Å². The standard InChI is InChI=1S/C14H21FN2O/c1-4-8-17(9-10-18-3)13-7-5-6-12(15)14(13)11(2)16/h4-7,11H,1,8-10,16H2,2-3H3/t11-/m1/s1. The number of nitrogens with zero attached hydrogens (tertiary/aromatic N) is 1. The van der Waals surface area contributed by atoms with Gasteiger partial charge in [0.05, 0.1) is 6.61 Å². The molecule has 4 heteroatoms. The number of halogens is 1. The minimum Gasteiger partial charge on any atom is -0.383 e. The van der Waals surface area contributed by atoms with Crippen LogP contribution >= 0.6 is 0 Å². The zero-order chi connectivity index (χ0) is 13.5. The molecule has 1 rings (SSSR count). The zero-order valence-electron chi connectivity index (χ0n) is 11.0. The molecule has 0 amide bonds. The highest BCUT2D eigenvalue weighted by atomic mass is 19.1. The molecule has 3 nitrogen and oxygen atoms in total. The molecule has 0 saturated carbocycles. The van der Waals surface area contributed by atoms with Gasteiger partial charge in [-0.05, 0) is 19.1 Å². The molecule has 0 spiro atoms. The molecule has 0 aliphatic rings. The van der Waals surface area contributed by atoms with E-state index in [1.807, 2.05) is 11.0 Å². The highest BCUT2D eigenvalue weighted by Crippen LogP contribution is 2.27. The second-order valence-corrected chi connectivity index (χ2v) is 4.19. The van der Waals surface area contributed by atoms with Crippen molar-refractivity contribution in [3.8, 4) is 0 Å². The summed E-state index contributed by atoms with van der Waals surface area (Å²) in [5.41, 5.74) is 7.20. The van der Waals surface area contributed by atoms with Gasteiger partial charge in [-0.15, -0.1) is 6.58 Å². The largest absolute Gasteiger partial charge is 0.383 e. The molecule has 0 aliphatic heterocycles. The van der Waals surface area contributed by atoms with Gasteiger partial charge >= 0.3 is 0 Å². The van der Waals surface area contributed by atoms with Gasteiger partial charge in [0.1, 0.15) is 5.82 Å². The highest BCUT2D eigenvalue weighted by molar-refractivity contribution is 5.56. The Balaban J connectivity index is 3.09. The first-order chi connectivity index (χ1) is 8.61. The molecule has 0 aliphatic carbocycles. The Bertz CT molecular complexity index is 393. The van der Waals surface area contributed by atoms with Crippen molar-refractivity contribution in [3.63, 3.8) is 0 Å². The number of rotatable bonds is 7. The molecule has 1 atom stereocenters. The van der Waals surface area contributed by atoms with Crippen LogP contribution in [0.4, 0.5) is 10.1 Å². The van der Waals surface area contributed by atoms with Crippen molar-refractivity contribution in [2.24, 2.45) is 5.73 Å². The lowest BCUT2D eigenvalue weighted by Crippen LogP contribution is -2.29. The number of methoxy groups -OCH3 is 1. The normalized spacial score (nSPS) is 12.2. The van der Waals surface area contributed by atoms with E-state index in [4.69, 9.17) is 10.5 Å². The Kier molecular flexibility index (Phi) is 5.82. The van der Waals surface area contributed by atoms with E-state index in [9.17, 15) is 4.39 Å². The number of hydrogen-bond acceptors (Lipinski definition) is 3. The fourth-order valence-electron chi connectivity index (χ4n) is 1.92. The van der Waals surface area contributed by atoms with Crippen LogP contribution in [0.2, 0.25) is 0 Å². The van der Waals surface area contributed by atoms with Crippen LogP contribution in [-0.2, 0) is 4.74 Å². The fraction of sp³-hybridized carbons (Fsp3) is 0.429. The number of anilines is 1. The highest BCUT2D eigenvalue weighted by Gasteiger charge is 2.16. The van der Waals surface area contributed by atoms with Crippen molar-refractivity contribution in [1.29, 1.82) is 0 Å². The van der Waals surface area contributed by atoms with Crippen LogP contribution in [0.25, 0.3) is 0 Å². The molecular formula is C14H21FN2O. The van der Waals surface area contributed by atoms with Crippen LogP contribution < -0.4 is 10.6 Å². The summed E-state index contributed by atoms with van der Waals surface area (Å²) in [6, 6.07) is 4.65. The van der Waals surface area contributed by atoms with Crippen molar-refractivity contribution in [2.75, 3.05) is 31.7 Å². The average molecular weight is 252 g/mol. The van der Waals surface area contributed by atoms with Gasteiger partial charge in [-0.2, -0.15) is 0 Å². The van der Waals surface area contributed by atoms with Crippen LogP contribution in [-0.4, -0.2) is 26.8 Å². The predicted octanol–water partition coefficient (Wildman–Crippen LogP) is 2.48. The molecule has 18 heavy (non-hydrogen) atoms. The predicted molar refractivity (Wildman–Crippen MR) is 73.3 cm³/mol. The molecule has 0 fully saturated rings. The summed E-state index contributed by atoms with van der Waals surface area (Å²) >= 11 is 0. The third-order valence-corrected chi connectivity index (χ3v) is 2.74. The van der Waals surface area contributed by atoms with E-state index in [-0.39, 0.29) is 11.9 Å². The van der Waals surface area contributed by atoms with Crippen molar-refractivity contribution in [1.82, 2.24) is 0 Å². The first-order valence-electron chi connectivity index (χ1n) is 6.00. The van der Waals surface area contributed by atoms with Crippen LogP contribution in [0.3, 0.4) is 0 Å². The summed E-state index contributed by atoms with van der Waals surface area (Å²) in [6.07, 6.45) is 1.78. The van der Waals surface area contributed by atoms with E-state index in [2.05, 4.69) is 6.58 Å². The summed E-state index contributed by atoms with van der Waals surface area (Å²) < 4.78 is 18.9. The molecular weight excluding hydrogens is 231 g/mol. The Labute approximate surface area is 108 Å². The SMILES string of the molecule is C=CCN(CCOC)c1cccc(F)c1[C@@H](C)N. The van der Waals surface area contributed by atoms with Gasteiger partial charge in [-0.3, -0.25) is 0 Å². The maximum atomic E-state index is 13.9. The molecule has 1 aromatic carbocycles. The van der Waals surface area contributed by atoms with Crippen LogP contribution in [0.1, 0.15) is 18.5 Å². The maximum Gasteiger partial charge on any atom is 0.130 e. The molecule has 1 aromatic rings. The van der Waals surface area contributed by atoms with Gasteiger partial charge in [0.2, 0.25) is 0 Å². The van der Waals surface area contributed by atoms with Gasteiger partial charge in [0, 0.05) is 37.5 Å². The molecule has 0 bridgehead atoms. The second-order valence-electron chi connectivity index (χ2n) is 4.19. The topological polar surface area (TPSA) is 38.5 Å². The third kappa shape index (κ3) is 3.55. The van der Waals surface area contributed by atoms with Crippen molar-refractivity contribution >= 4 is 5.69 Å². The van der Waals surface area contributed by atoms with Gasteiger partial charge in [-0.1, -0.05) is 12.1 Å². The van der Waals surface area contributed by atoms with Crippen LogP contribution in [0, 0.1) is 5.82 Å². The first kappa shape index (κ1) is 14.7. The first-order valence-corrected chi connectivity index (χ1v) is 6.00. The molecule has 0 heterocycles. The van der Waals surface area contributed by atoms with Crippen LogP contribution in [0.15, 0.2) is 30.9 Å². The lowest BCUT2D eigenvalue weighted by Gasteiger charge is -2.27. The van der Waals surface area contributed by atoms with Gasteiger partial charge < -0.3 is 15.4 Å². The average Bonchev–Trinajstić information content (AvgIpc) is 2.33. The summed E-state index contributed by atoms with van der Waals surface area (Å²) in [5.74, 6) is -0.269. The third-order valence-electron chi connectivity index (χ3n) is 2.74. The smallest absolute Gasteiger partial charge is 0.130 e. The second kappa shape index (κ2) is 7.13. The molecule has 100 valence electrons. The van der Waals surface area contributed by atoms with Gasteiger partial charge in [-0.25, -0.2) is 4.39 Å². The molecule has 2 N–H and O–H groups in total. The maximum absolute atomic E-state index is 13.9. The summed E-state index contributed by atoms with van der Waals surface area (Å²) in [7, 11) is 1.64. The monoisotopic (exact) mass is 252 g/mol. The summed E-state index contributed by atoms with van der Waals surface area (Å²) in [6.45, 7) is 7.38. The van der Waals surface area contributed by atoms with Crippen molar-refractivity contribution in [3.05, 3.63) is 42.2 Å². The minimum atomic E-state index is -0.351. The quantitative estimate of drug-likeness (QED) is 0.758. The lowest BCUT2D eigenvalue weighted by molar-refractivity contribution is 0.205. The lowest BCUT2D eigenvalue weighted by atomic mass is 10.0. The summed E-state index contributed by atoms with van der Waals surface area (Å²) in [5, 5.41) is 0.